The number of urea groups is 1. The molecular formula is C12H18N2NaO3+. The molecule has 0 aliphatic carbocycles. The maximum Gasteiger partial charge on any atom is 1.00 e. The molecule has 18 heavy (non-hydrogen) atoms. The molecule has 0 atom stereocenters. The van der Waals surface area contributed by atoms with E-state index < -0.39 is 23.3 Å². The van der Waals surface area contributed by atoms with Crippen LogP contribution in [0, 0.1) is 11.3 Å². The van der Waals surface area contributed by atoms with Gasteiger partial charge in [-0.2, -0.15) is 0 Å². The molecule has 0 aromatic carbocycles. The van der Waals surface area contributed by atoms with E-state index in [0.29, 0.717) is 5.57 Å². The van der Waals surface area contributed by atoms with Gasteiger partial charge in [0.2, 0.25) is 11.8 Å². The van der Waals surface area contributed by atoms with Crippen LogP contribution >= 0.6 is 0 Å². The number of allylic oxidation sites excluding steroid dienone is 1. The molecule has 0 saturated carbocycles. The first-order valence-corrected chi connectivity index (χ1v) is 5.71. The van der Waals surface area contributed by atoms with Crippen molar-refractivity contribution < 1.29 is 43.9 Å². The third-order valence-electron chi connectivity index (χ3n) is 3.17. The van der Waals surface area contributed by atoms with Crippen molar-refractivity contribution in [2.24, 2.45) is 11.3 Å². The van der Waals surface area contributed by atoms with E-state index >= 15 is 0 Å². The number of barbiturate groups is 1. The van der Waals surface area contributed by atoms with Gasteiger partial charge in [0, 0.05) is 0 Å². The summed E-state index contributed by atoms with van der Waals surface area (Å²) in [5.74, 6) is -1.30. The first-order valence-electron chi connectivity index (χ1n) is 5.71. The summed E-state index contributed by atoms with van der Waals surface area (Å²) in [5, 5.41) is 4.34. The van der Waals surface area contributed by atoms with Crippen molar-refractivity contribution in [2.75, 3.05) is 0 Å². The van der Waals surface area contributed by atoms with E-state index in [1.54, 1.807) is 20.8 Å². The number of rotatable bonds is 3. The number of hydrogen-bond donors (Lipinski definition) is 2. The molecule has 5 nitrogen and oxygen atoms in total. The molecule has 1 heterocycles. The number of amides is 4. The van der Waals surface area contributed by atoms with Crippen LogP contribution in [0.15, 0.2) is 11.6 Å². The standard InChI is InChI=1S/C12H18N2O3.Na/c1-5-6-8(4)12(7(2)3)9(15)13-11(17)14-10(12)16;/h6-7H,5H2,1-4H3,(H2,13,14,15,16,17);/q;+1/b8-6+;. The maximum absolute atomic E-state index is 12.1. The Morgan fingerprint density at radius 3 is 2.00 bits per heavy atom. The van der Waals surface area contributed by atoms with Gasteiger partial charge < -0.3 is 0 Å². The Labute approximate surface area is 129 Å². The molecule has 0 bridgehead atoms. The molecule has 0 radical (unpaired) electrons. The Balaban J connectivity index is 0.00000289. The minimum atomic E-state index is -1.27. The van der Waals surface area contributed by atoms with Crippen molar-refractivity contribution in [1.29, 1.82) is 0 Å². The van der Waals surface area contributed by atoms with E-state index in [9.17, 15) is 14.4 Å². The van der Waals surface area contributed by atoms with E-state index in [1.807, 2.05) is 13.0 Å². The van der Waals surface area contributed by atoms with Crippen LogP contribution in [0.2, 0.25) is 0 Å². The molecule has 1 saturated heterocycles. The predicted molar refractivity (Wildman–Crippen MR) is 63.0 cm³/mol. The number of imide groups is 2. The summed E-state index contributed by atoms with van der Waals surface area (Å²) >= 11 is 0. The fraction of sp³-hybridized carbons (Fsp3) is 0.583. The van der Waals surface area contributed by atoms with Gasteiger partial charge in [-0.05, 0) is 19.3 Å². The topological polar surface area (TPSA) is 75.3 Å². The van der Waals surface area contributed by atoms with Gasteiger partial charge in [0.1, 0.15) is 0 Å². The first-order chi connectivity index (χ1) is 7.87. The minimum Gasteiger partial charge on any atom is -0.277 e. The third-order valence-corrected chi connectivity index (χ3v) is 3.17. The van der Waals surface area contributed by atoms with Crippen molar-refractivity contribution >= 4 is 17.8 Å². The van der Waals surface area contributed by atoms with Gasteiger partial charge in [-0.1, -0.05) is 32.4 Å². The van der Waals surface area contributed by atoms with Gasteiger partial charge in [0.25, 0.3) is 0 Å². The number of carbonyl (C=O) groups excluding carboxylic acids is 3. The van der Waals surface area contributed by atoms with Gasteiger partial charge >= 0.3 is 35.6 Å². The summed E-state index contributed by atoms with van der Waals surface area (Å²) in [5.41, 5.74) is -0.596. The predicted octanol–water partition coefficient (Wildman–Crippen LogP) is -1.64. The minimum absolute atomic E-state index is 0. The largest absolute Gasteiger partial charge is 1.00 e. The summed E-state index contributed by atoms with van der Waals surface area (Å²) in [4.78, 5) is 35.2. The second kappa shape index (κ2) is 6.50. The first kappa shape index (κ1) is 17.4. The molecule has 1 fully saturated rings. The van der Waals surface area contributed by atoms with Crippen molar-refractivity contribution in [3.63, 3.8) is 0 Å². The summed E-state index contributed by atoms with van der Waals surface area (Å²) in [6, 6.07) is -0.749. The molecule has 0 aromatic heterocycles. The monoisotopic (exact) mass is 261 g/mol. The second-order valence-corrected chi connectivity index (χ2v) is 4.50. The SMILES string of the molecule is CC/C=C(\C)C1(C(C)C)C(=O)NC(=O)NC1=O.[Na+]. The zero-order valence-corrected chi connectivity index (χ0v) is 13.6. The van der Waals surface area contributed by atoms with E-state index in [1.165, 1.54) is 0 Å². The van der Waals surface area contributed by atoms with Crippen molar-refractivity contribution in [1.82, 2.24) is 10.6 Å². The molecule has 2 N–H and O–H groups in total. The fourth-order valence-corrected chi connectivity index (χ4v) is 2.34. The Kier molecular flexibility index (Phi) is 6.26. The second-order valence-electron chi connectivity index (χ2n) is 4.50. The molecular weight excluding hydrogens is 243 g/mol. The smallest absolute Gasteiger partial charge is 0.277 e. The van der Waals surface area contributed by atoms with Crippen LogP contribution in [0.1, 0.15) is 34.1 Å². The summed E-state index contributed by atoms with van der Waals surface area (Å²) < 4.78 is 0. The Morgan fingerprint density at radius 1 is 1.22 bits per heavy atom. The van der Waals surface area contributed by atoms with E-state index in [0.717, 1.165) is 6.42 Å². The molecule has 0 spiro atoms. The Morgan fingerprint density at radius 2 is 1.67 bits per heavy atom. The molecule has 4 amide bonds. The van der Waals surface area contributed by atoms with Crippen molar-refractivity contribution in [3.05, 3.63) is 11.6 Å². The summed E-state index contributed by atoms with van der Waals surface area (Å²) in [6.07, 6.45) is 2.57. The average molecular weight is 261 g/mol. The van der Waals surface area contributed by atoms with Gasteiger partial charge in [-0.3, -0.25) is 20.2 Å². The van der Waals surface area contributed by atoms with Gasteiger partial charge in [-0.15, -0.1) is 0 Å². The third kappa shape index (κ3) is 2.68. The van der Waals surface area contributed by atoms with Crippen LogP contribution in [0.25, 0.3) is 0 Å². The van der Waals surface area contributed by atoms with Crippen LogP contribution in [0.4, 0.5) is 4.79 Å². The van der Waals surface area contributed by atoms with Gasteiger partial charge in [0.05, 0.1) is 0 Å². The van der Waals surface area contributed by atoms with Crippen LogP contribution in [-0.2, 0) is 9.59 Å². The van der Waals surface area contributed by atoms with Crippen LogP contribution in [0.3, 0.4) is 0 Å². The molecule has 0 aromatic rings. The maximum atomic E-state index is 12.1. The van der Waals surface area contributed by atoms with Crippen molar-refractivity contribution in [2.45, 2.75) is 34.1 Å². The zero-order chi connectivity index (χ0) is 13.2. The van der Waals surface area contributed by atoms with Gasteiger partial charge in [-0.25, -0.2) is 4.79 Å². The fourth-order valence-electron chi connectivity index (χ4n) is 2.34. The molecule has 6 heteroatoms. The van der Waals surface area contributed by atoms with Crippen LogP contribution in [0.5, 0.6) is 0 Å². The summed E-state index contributed by atoms with van der Waals surface area (Å²) in [6.45, 7) is 7.27. The Bertz CT molecular complexity index is 382. The average Bonchev–Trinajstić information content (AvgIpc) is 2.16. The van der Waals surface area contributed by atoms with E-state index in [2.05, 4.69) is 10.6 Å². The molecule has 1 aliphatic heterocycles. The van der Waals surface area contributed by atoms with Crippen molar-refractivity contribution in [3.8, 4) is 0 Å². The normalized spacial score (nSPS) is 19.2. The quantitative estimate of drug-likeness (QED) is 0.363. The molecule has 1 aliphatic rings. The Hall–Kier alpha value is -0.650. The zero-order valence-electron chi connectivity index (χ0n) is 11.6. The molecule has 94 valence electrons. The van der Waals surface area contributed by atoms with Crippen LogP contribution in [-0.4, -0.2) is 17.8 Å². The molecule has 0 unspecified atom stereocenters. The van der Waals surface area contributed by atoms with Crippen LogP contribution < -0.4 is 40.2 Å². The summed E-state index contributed by atoms with van der Waals surface area (Å²) in [7, 11) is 0. The number of nitrogens with one attached hydrogen (secondary N) is 2. The van der Waals surface area contributed by atoms with E-state index in [-0.39, 0.29) is 35.5 Å². The number of carbonyl (C=O) groups is 3. The van der Waals surface area contributed by atoms with E-state index in [4.69, 9.17) is 0 Å². The number of hydrogen-bond acceptors (Lipinski definition) is 3. The van der Waals surface area contributed by atoms with Gasteiger partial charge in [0.15, 0.2) is 5.41 Å². The molecule has 1 rings (SSSR count).